The average molecular weight is 262 g/mol. The molecule has 19 heavy (non-hydrogen) atoms. The monoisotopic (exact) mass is 262 g/mol. The van der Waals surface area contributed by atoms with E-state index in [4.69, 9.17) is 0 Å². The van der Waals surface area contributed by atoms with E-state index in [1.54, 1.807) is 0 Å². The minimum atomic E-state index is -0.0470. The predicted octanol–water partition coefficient (Wildman–Crippen LogP) is 0.927. The normalized spacial score (nSPS) is 26.9. The van der Waals surface area contributed by atoms with Crippen molar-refractivity contribution >= 4 is 5.91 Å². The van der Waals surface area contributed by atoms with Gasteiger partial charge < -0.3 is 14.8 Å². The molecule has 2 aliphatic heterocycles. The van der Waals surface area contributed by atoms with Crippen molar-refractivity contribution in [3.63, 3.8) is 0 Å². The number of imidazole rings is 1. The van der Waals surface area contributed by atoms with E-state index in [-0.39, 0.29) is 17.4 Å². The van der Waals surface area contributed by atoms with Gasteiger partial charge in [0.1, 0.15) is 6.04 Å². The molecule has 5 heteroatoms. The molecule has 1 aromatic heterocycles. The van der Waals surface area contributed by atoms with E-state index < -0.39 is 0 Å². The highest BCUT2D eigenvalue weighted by atomic mass is 16.2. The van der Waals surface area contributed by atoms with Gasteiger partial charge in [0.25, 0.3) is 0 Å². The van der Waals surface area contributed by atoms with Gasteiger partial charge in [0, 0.05) is 30.9 Å². The number of piperidine rings is 1. The molecular formula is C14H22N4O. The van der Waals surface area contributed by atoms with Gasteiger partial charge in [0.2, 0.25) is 5.91 Å². The van der Waals surface area contributed by atoms with E-state index in [1.807, 2.05) is 24.5 Å². The first-order valence-electron chi connectivity index (χ1n) is 7.10. The summed E-state index contributed by atoms with van der Waals surface area (Å²) in [6.45, 7) is 5.23. The zero-order valence-electron chi connectivity index (χ0n) is 11.7. The van der Waals surface area contributed by atoms with Crippen molar-refractivity contribution < 1.29 is 4.79 Å². The van der Waals surface area contributed by atoms with Gasteiger partial charge >= 0.3 is 0 Å². The molecule has 1 unspecified atom stereocenters. The SMILES string of the molecule is CN1CCC(n2cncc2C2(C)CCNCC2)C1=O. The fourth-order valence-electron chi connectivity index (χ4n) is 3.32. The van der Waals surface area contributed by atoms with E-state index >= 15 is 0 Å². The van der Waals surface area contributed by atoms with Gasteiger partial charge in [0.15, 0.2) is 0 Å². The van der Waals surface area contributed by atoms with Gasteiger partial charge in [-0.25, -0.2) is 4.98 Å². The summed E-state index contributed by atoms with van der Waals surface area (Å²) < 4.78 is 2.12. The Hall–Kier alpha value is -1.36. The maximum Gasteiger partial charge on any atom is 0.245 e. The van der Waals surface area contributed by atoms with Gasteiger partial charge in [-0.05, 0) is 32.4 Å². The van der Waals surface area contributed by atoms with E-state index in [0.29, 0.717) is 0 Å². The second-order valence-electron chi connectivity index (χ2n) is 6.06. The van der Waals surface area contributed by atoms with Crippen molar-refractivity contribution in [1.82, 2.24) is 19.8 Å². The highest BCUT2D eigenvalue weighted by molar-refractivity contribution is 5.82. The minimum absolute atomic E-state index is 0.0470. The summed E-state index contributed by atoms with van der Waals surface area (Å²) in [6, 6.07) is -0.0470. The van der Waals surface area contributed by atoms with Crippen LogP contribution in [0.4, 0.5) is 0 Å². The first-order chi connectivity index (χ1) is 9.12. The van der Waals surface area contributed by atoms with Crippen molar-refractivity contribution in [1.29, 1.82) is 0 Å². The Morgan fingerprint density at radius 3 is 2.79 bits per heavy atom. The molecule has 2 aliphatic rings. The van der Waals surface area contributed by atoms with Crippen LogP contribution in [-0.4, -0.2) is 47.0 Å². The fraction of sp³-hybridized carbons (Fsp3) is 0.714. The lowest BCUT2D eigenvalue weighted by Gasteiger charge is -2.35. The highest BCUT2D eigenvalue weighted by Gasteiger charge is 2.37. The van der Waals surface area contributed by atoms with E-state index in [0.717, 1.165) is 38.9 Å². The van der Waals surface area contributed by atoms with E-state index in [1.165, 1.54) is 5.69 Å². The smallest absolute Gasteiger partial charge is 0.245 e. The van der Waals surface area contributed by atoms with Crippen LogP contribution in [0.3, 0.4) is 0 Å². The molecular weight excluding hydrogens is 240 g/mol. The number of carbonyl (C=O) groups is 1. The summed E-state index contributed by atoms with van der Waals surface area (Å²) in [7, 11) is 1.88. The molecule has 0 aromatic carbocycles. The van der Waals surface area contributed by atoms with Crippen molar-refractivity contribution in [2.45, 2.75) is 37.6 Å². The summed E-state index contributed by atoms with van der Waals surface area (Å²) in [5.74, 6) is 0.219. The number of aromatic nitrogens is 2. The maximum absolute atomic E-state index is 12.2. The van der Waals surface area contributed by atoms with Gasteiger partial charge in [-0.2, -0.15) is 0 Å². The second kappa shape index (κ2) is 4.63. The van der Waals surface area contributed by atoms with Crippen LogP contribution in [0.2, 0.25) is 0 Å². The maximum atomic E-state index is 12.2. The third-order valence-corrected chi connectivity index (χ3v) is 4.73. The lowest BCUT2D eigenvalue weighted by atomic mass is 9.78. The standard InChI is InChI=1S/C14H22N4O/c1-14(4-6-15-7-5-14)12-9-16-10-18(12)11-3-8-17(2)13(11)19/h9-11,15H,3-8H2,1-2H3. The van der Waals surface area contributed by atoms with Gasteiger partial charge in [0.05, 0.1) is 6.33 Å². The predicted molar refractivity (Wildman–Crippen MR) is 73.0 cm³/mol. The van der Waals surface area contributed by atoms with Crippen LogP contribution in [-0.2, 0) is 10.2 Å². The Balaban J connectivity index is 1.92. The first kappa shape index (κ1) is 12.7. The van der Waals surface area contributed by atoms with Gasteiger partial charge in [-0.3, -0.25) is 4.79 Å². The lowest BCUT2D eigenvalue weighted by Crippen LogP contribution is -2.39. The Morgan fingerprint density at radius 1 is 1.42 bits per heavy atom. The summed E-state index contributed by atoms with van der Waals surface area (Å²) in [5.41, 5.74) is 1.37. The summed E-state index contributed by atoms with van der Waals surface area (Å²) >= 11 is 0. The molecule has 0 saturated carbocycles. The molecule has 1 N–H and O–H groups in total. The minimum Gasteiger partial charge on any atom is -0.344 e. The third kappa shape index (κ3) is 2.06. The van der Waals surface area contributed by atoms with Gasteiger partial charge in [-0.15, -0.1) is 0 Å². The number of hydrogen-bond acceptors (Lipinski definition) is 3. The Kier molecular flexibility index (Phi) is 3.09. The number of rotatable bonds is 2. The van der Waals surface area contributed by atoms with Crippen molar-refractivity contribution in [3.8, 4) is 0 Å². The second-order valence-corrected chi connectivity index (χ2v) is 6.06. The molecule has 2 saturated heterocycles. The van der Waals surface area contributed by atoms with Crippen LogP contribution in [0.1, 0.15) is 37.9 Å². The average Bonchev–Trinajstić information content (AvgIpc) is 2.99. The Bertz CT molecular complexity index is 476. The van der Waals surface area contributed by atoms with Crippen LogP contribution in [0.15, 0.2) is 12.5 Å². The molecule has 0 aliphatic carbocycles. The number of carbonyl (C=O) groups excluding carboxylic acids is 1. The molecule has 1 atom stereocenters. The van der Waals surface area contributed by atoms with E-state index in [2.05, 4.69) is 21.8 Å². The molecule has 0 radical (unpaired) electrons. The molecule has 104 valence electrons. The fourth-order valence-corrected chi connectivity index (χ4v) is 3.32. The molecule has 0 bridgehead atoms. The number of amides is 1. The van der Waals surface area contributed by atoms with Crippen LogP contribution in [0.25, 0.3) is 0 Å². The first-order valence-corrected chi connectivity index (χ1v) is 7.10. The van der Waals surface area contributed by atoms with Crippen LogP contribution in [0.5, 0.6) is 0 Å². The third-order valence-electron chi connectivity index (χ3n) is 4.73. The number of hydrogen-bond donors (Lipinski definition) is 1. The molecule has 0 spiro atoms. The lowest BCUT2D eigenvalue weighted by molar-refractivity contribution is -0.129. The molecule has 3 rings (SSSR count). The van der Waals surface area contributed by atoms with Crippen LogP contribution in [0, 0.1) is 0 Å². The Labute approximate surface area is 114 Å². The zero-order valence-corrected chi connectivity index (χ0v) is 11.7. The summed E-state index contributed by atoms with van der Waals surface area (Å²) in [5, 5.41) is 3.40. The zero-order chi connectivity index (χ0) is 13.5. The molecule has 1 aromatic rings. The van der Waals surface area contributed by atoms with Crippen LogP contribution < -0.4 is 5.32 Å². The topological polar surface area (TPSA) is 50.2 Å². The summed E-state index contributed by atoms with van der Waals surface area (Å²) in [4.78, 5) is 18.3. The molecule has 1 amide bonds. The van der Waals surface area contributed by atoms with Crippen molar-refractivity contribution in [2.75, 3.05) is 26.7 Å². The van der Waals surface area contributed by atoms with E-state index in [9.17, 15) is 4.79 Å². The van der Waals surface area contributed by atoms with Gasteiger partial charge in [-0.1, -0.05) is 6.92 Å². The number of nitrogens with one attached hydrogen (secondary N) is 1. The van der Waals surface area contributed by atoms with Crippen molar-refractivity contribution in [3.05, 3.63) is 18.2 Å². The number of nitrogens with zero attached hydrogens (tertiary/aromatic N) is 3. The van der Waals surface area contributed by atoms with Crippen molar-refractivity contribution in [2.24, 2.45) is 0 Å². The molecule has 2 fully saturated rings. The highest BCUT2D eigenvalue weighted by Crippen LogP contribution is 2.35. The Morgan fingerprint density at radius 2 is 2.16 bits per heavy atom. The molecule has 3 heterocycles. The quantitative estimate of drug-likeness (QED) is 0.862. The largest absolute Gasteiger partial charge is 0.344 e. The number of likely N-dealkylation sites (N-methyl/N-ethyl adjacent to an activating group) is 1. The summed E-state index contributed by atoms with van der Waals surface area (Å²) in [6.07, 6.45) is 6.90. The molecule has 5 nitrogen and oxygen atoms in total. The number of likely N-dealkylation sites (tertiary alicyclic amines) is 1. The van der Waals surface area contributed by atoms with Crippen LogP contribution >= 0.6 is 0 Å².